The third-order valence-corrected chi connectivity index (χ3v) is 3.75. The molecule has 1 aliphatic rings. The first-order valence-corrected chi connectivity index (χ1v) is 7.05. The van der Waals surface area contributed by atoms with Crippen molar-refractivity contribution in [3.8, 4) is 0 Å². The summed E-state index contributed by atoms with van der Waals surface area (Å²) in [4.78, 5) is 24.2. The van der Waals surface area contributed by atoms with Gasteiger partial charge >= 0.3 is 0 Å². The molecule has 0 aliphatic carbocycles. The number of hydrogen-bond acceptors (Lipinski definition) is 5. The number of benzene rings is 1. The van der Waals surface area contributed by atoms with Crippen LogP contribution >= 0.6 is 24.0 Å². The Morgan fingerprint density at radius 2 is 2.09 bits per heavy atom. The van der Waals surface area contributed by atoms with Gasteiger partial charge in [0.05, 0.1) is 11.5 Å². The van der Waals surface area contributed by atoms with Crippen LogP contribution in [0, 0.1) is 10.1 Å². The standard InChI is InChI=1S/C13H17ClN4O3.ClH/c14-11-2-1-10(7-12(11)18(20)21)16-13(19)8-17-5-3-9(15)4-6-17;/h1-2,7,9H,3-6,8,15H2,(H,16,19);1H. The highest BCUT2D eigenvalue weighted by atomic mass is 35.5. The zero-order valence-corrected chi connectivity index (χ0v) is 13.4. The van der Waals surface area contributed by atoms with Crippen molar-refractivity contribution in [2.45, 2.75) is 18.9 Å². The number of nitro groups is 1. The number of nitro benzene ring substituents is 1. The number of anilines is 1. The second-order valence-corrected chi connectivity index (χ2v) is 5.49. The number of nitrogens with two attached hydrogens (primary N) is 1. The minimum Gasteiger partial charge on any atom is -0.328 e. The van der Waals surface area contributed by atoms with Crippen molar-refractivity contribution >= 4 is 41.3 Å². The second-order valence-electron chi connectivity index (χ2n) is 5.09. The predicted molar refractivity (Wildman–Crippen MR) is 87.6 cm³/mol. The summed E-state index contributed by atoms with van der Waals surface area (Å²) in [5.41, 5.74) is 5.95. The van der Waals surface area contributed by atoms with Gasteiger partial charge in [0, 0.05) is 30.9 Å². The lowest BCUT2D eigenvalue weighted by Crippen LogP contribution is -2.43. The molecule has 0 atom stereocenters. The lowest BCUT2D eigenvalue weighted by molar-refractivity contribution is -0.384. The van der Waals surface area contributed by atoms with Crippen molar-refractivity contribution in [3.63, 3.8) is 0 Å². The van der Waals surface area contributed by atoms with E-state index in [2.05, 4.69) is 5.32 Å². The fourth-order valence-corrected chi connectivity index (χ4v) is 2.43. The molecule has 1 saturated heterocycles. The number of rotatable bonds is 4. The first-order chi connectivity index (χ1) is 9.95. The van der Waals surface area contributed by atoms with Gasteiger partial charge in [-0.25, -0.2) is 0 Å². The lowest BCUT2D eigenvalue weighted by Gasteiger charge is -2.29. The predicted octanol–water partition coefficient (Wildman–Crippen LogP) is 2.03. The van der Waals surface area contributed by atoms with Crippen LogP contribution in [0.25, 0.3) is 0 Å². The SMILES string of the molecule is Cl.NC1CCN(CC(=O)Nc2ccc(Cl)c([N+](=O)[O-])c2)CC1. The minimum atomic E-state index is -0.579. The van der Waals surface area contributed by atoms with Gasteiger partial charge in [-0.1, -0.05) is 11.6 Å². The summed E-state index contributed by atoms with van der Waals surface area (Å²) in [6.07, 6.45) is 1.75. The van der Waals surface area contributed by atoms with Crippen LogP contribution in [0.5, 0.6) is 0 Å². The van der Waals surface area contributed by atoms with E-state index in [0.29, 0.717) is 5.69 Å². The first kappa shape index (κ1) is 18.6. The molecule has 1 amide bonds. The van der Waals surface area contributed by atoms with E-state index in [1.807, 2.05) is 4.90 Å². The number of nitrogens with zero attached hydrogens (tertiary/aromatic N) is 2. The van der Waals surface area contributed by atoms with Crippen molar-refractivity contribution in [3.05, 3.63) is 33.3 Å². The molecule has 0 unspecified atom stereocenters. The van der Waals surface area contributed by atoms with Crippen LogP contribution in [0.1, 0.15) is 12.8 Å². The van der Waals surface area contributed by atoms with Gasteiger partial charge in [-0.05, 0) is 25.0 Å². The Labute approximate surface area is 139 Å². The van der Waals surface area contributed by atoms with Crippen molar-refractivity contribution in [1.29, 1.82) is 0 Å². The molecular weight excluding hydrogens is 331 g/mol. The Morgan fingerprint density at radius 3 is 2.68 bits per heavy atom. The summed E-state index contributed by atoms with van der Waals surface area (Å²) in [5, 5.41) is 13.5. The van der Waals surface area contributed by atoms with Crippen molar-refractivity contribution in [1.82, 2.24) is 4.90 Å². The van der Waals surface area contributed by atoms with Gasteiger partial charge in [0.15, 0.2) is 0 Å². The van der Waals surface area contributed by atoms with E-state index in [1.165, 1.54) is 12.1 Å². The minimum absolute atomic E-state index is 0. The maximum absolute atomic E-state index is 11.9. The molecule has 0 saturated carbocycles. The molecule has 122 valence electrons. The molecule has 22 heavy (non-hydrogen) atoms. The van der Waals surface area contributed by atoms with Gasteiger partial charge in [0.1, 0.15) is 5.02 Å². The van der Waals surface area contributed by atoms with Crippen LogP contribution in [0.2, 0.25) is 5.02 Å². The Morgan fingerprint density at radius 1 is 1.45 bits per heavy atom. The zero-order chi connectivity index (χ0) is 15.4. The monoisotopic (exact) mass is 348 g/mol. The number of likely N-dealkylation sites (tertiary alicyclic amines) is 1. The average Bonchev–Trinajstić information content (AvgIpc) is 2.43. The van der Waals surface area contributed by atoms with Crippen LogP contribution in [-0.2, 0) is 4.79 Å². The maximum atomic E-state index is 11.9. The number of piperidine rings is 1. The number of halogens is 2. The fraction of sp³-hybridized carbons (Fsp3) is 0.462. The number of amides is 1. The van der Waals surface area contributed by atoms with Gasteiger partial charge in [0.25, 0.3) is 5.69 Å². The molecule has 1 aromatic rings. The summed E-state index contributed by atoms with van der Waals surface area (Å²) < 4.78 is 0. The molecule has 1 aliphatic heterocycles. The Balaban J connectivity index is 0.00000242. The van der Waals surface area contributed by atoms with Crippen molar-refractivity contribution in [2.75, 3.05) is 25.0 Å². The highest BCUT2D eigenvalue weighted by Crippen LogP contribution is 2.27. The quantitative estimate of drug-likeness (QED) is 0.640. The lowest BCUT2D eigenvalue weighted by atomic mass is 10.1. The number of carbonyl (C=O) groups excluding carboxylic acids is 1. The molecule has 1 heterocycles. The fourth-order valence-electron chi connectivity index (χ4n) is 2.24. The Hall–Kier alpha value is -1.41. The first-order valence-electron chi connectivity index (χ1n) is 6.67. The van der Waals surface area contributed by atoms with E-state index < -0.39 is 4.92 Å². The van der Waals surface area contributed by atoms with Crippen LogP contribution in [0.4, 0.5) is 11.4 Å². The Kier molecular flexibility index (Phi) is 7.02. The Bertz CT molecular complexity index is 548. The maximum Gasteiger partial charge on any atom is 0.289 e. The zero-order valence-electron chi connectivity index (χ0n) is 11.8. The normalized spacial score (nSPS) is 15.9. The molecule has 3 N–H and O–H groups in total. The van der Waals surface area contributed by atoms with Crippen LogP contribution < -0.4 is 11.1 Å². The average molecular weight is 349 g/mol. The summed E-state index contributed by atoms with van der Waals surface area (Å²) in [6, 6.07) is 4.41. The molecule has 1 aromatic carbocycles. The van der Waals surface area contributed by atoms with E-state index in [0.717, 1.165) is 25.9 Å². The molecule has 1 fully saturated rings. The molecule has 0 bridgehead atoms. The summed E-state index contributed by atoms with van der Waals surface area (Å²) in [7, 11) is 0. The molecular formula is C13H18Cl2N4O3. The third kappa shape index (κ3) is 5.10. The topological polar surface area (TPSA) is 102 Å². The van der Waals surface area contributed by atoms with Crippen LogP contribution in [0.3, 0.4) is 0 Å². The van der Waals surface area contributed by atoms with Gasteiger partial charge in [-0.2, -0.15) is 0 Å². The van der Waals surface area contributed by atoms with E-state index in [-0.39, 0.29) is 41.6 Å². The number of nitrogens with one attached hydrogen (secondary N) is 1. The van der Waals surface area contributed by atoms with Gasteiger partial charge in [-0.15, -0.1) is 12.4 Å². The smallest absolute Gasteiger partial charge is 0.289 e. The van der Waals surface area contributed by atoms with Gasteiger partial charge in [0.2, 0.25) is 5.91 Å². The summed E-state index contributed by atoms with van der Waals surface area (Å²) >= 11 is 5.72. The van der Waals surface area contributed by atoms with E-state index in [1.54, 1.807) is 6.07 Å². The highest BCUT2D eigenvalue weighted by molar-refractivity contribution is 6.32. The van der Waals surface area contributed by atoms with Gasteiger partial charge in [-0.3, -0.25) is 19.8 Å². The van der Waals surface area contributed by atoms with E-state index >= 15 is 0 Å². The molecule has 0 radical (unpaired) electrons. The largest absolute Gasteiger partial charge is 0.328 e. The molecule has 0 aromatic heterocycles. The van der Waals surface area contributed by atoms with Crippen molar-refractivity contribution < 1.29 is 9.72 Å². The molecule has 9 heteroatoms. The van der Waals surface area contributed by atoms with Gasteiger partial charge < -0.3 is 11.1 Å². The van der Waals surface area contributed by atoms with E-state index in [9.17, 15) is 14.9 Å². The summed E-state index contributed by atoms with van der Waals surface area (Å²) in [6.45, 7) is 1.83. The number of hydrogen-bond donors (Lipinski definition) is 2. The van der Waals surface area contributed by atoms with Crippen LogP contribution in [-0.4, -0.2) is 41.4 Å². The molecule has 2 rings (SSSR count). The van der Waals surface area contributed by atoms with Crippen LogP contribution in [0.15, 0.2) is 18.2 Å². The third-order valence-electron chi connectivity index (χ3n) is 3.43. The summed E-state index contributed by atoms with van der Waals surface area (Å²) in [5.74, 6) is -0.206. The molecule has 0 spiro atoms. The van der Waals surface area contributed by atoms with E-state index in [4.69, 9.17) is 17.3 Å². The molecule has 7 nitrogen and oxygen atoms in total. The van der Waals surface area contributed by atoms with Crippen molar-refractivity contribution in [2.24, 2.45) is 5.73 Å². The second kappa shape index (κ2) is 8.28. The highest BCUT2D eigenvalue weighted by Gasteiger charge is 2.19. The number of carbonyl (C=O) groups is 1.